The minimum atomic E-state index is 0.417. The summed E-state index contributed by atoms with van der Waals surface area (Å²) in [6.45, 7) is 3.81. The maximum absolute atomic E-state index is 6.19. The van der Waals surface area contributed by atoms with Gasteiger partial charge in [0, 0.05) is 23.1 Å². The normalized spacial score (nSPS) is 17.7. The van der Waals surface area contributed by atoms with Gasteiger partial charge in [-0.25, -0.2) is 4.98 Å². The molecule has 4 nitrogen and oxygen atoms in total. The van der Waals surface area contributed by atoms with Gasteiger partial charge in [0.25, 0.3) is 0 Å². The average Bonchev–Trinajstić information content (AvgIpc) is 3.04. The Morgan fingerprint density at radius 3 is 2.69 bits per heavy atom. The van der Waals surface area contributed by atoms with E-state index in [1.807, 2.05) is 36.4 Å². The second-order valence-corrected chi connectivity index (χ2v) is 8.84. The Kier molecular flexibility index (Phi) is 6.63. The highest BCUT2D eigenvalue weighted by atomic mass is 35.5. The molecule has 154 valence electrons. The van der Waals surface area contributed by atoms with Crippen molar-refractivity contribution in [1.82, 2.24) is 14.5 Å². The minimum absolute atomic E-state index is 0.417. The Morgan fingerprint density at radius 1 is 1.10 bits per heavy atom. The van der Waals surface area contributed by atoms with E-state index in [1.54, 1.807) is 0 Å². The highest BCUT2D eigenvalue weighted by Crippen LogP contribution is 2.25. The standard InChI is InChI=1S/C23H27Cl2N3O/c1-27-12-2-4-17(15-27)5-3-13-28-22-11-8-19(25)14-21(22)26-23(28)16-29-20-9-6-18(24)7-10-20/h6-11,14,17H,2-5,12-13,15-16H2,1H3. The molecule has 1 aromatic heterocycles. The van der Waals surface area contributed by atoms with Crippen LogP contribution >= 0.6 is 23.2 Å². The molecule has 29 heavy (non-hydrogen) atoms. The molecule has 0 N–H and O–H groups in total. The van der Waals surface area contributed by atoms with E-state index in [-0.39, 0.29) is 0 Å². The molecular formula is C23H27Cl2N3O. The molecule has 1 atom stereocenters. The van der Waals surface area contributed by atoms with Gasteiger partial charge in [0.05, 0.1) is 11.0 Å². The van der Waals surface area contributed by atoms with Crippen LogP contribution in [0.5, 0.6) is 5.75 Å². The number of hydrogen-bond acceptors (Lipinski definition) is 3. The number of ether oxygens (including phenoxy) is 1. The molecule has 1 unspecified atom stereocenters. The number of fused-ring (bicyclic) bond motifs is 1. The number of aromatic nitrogens is 2. The molecule has 0 bridgehead atoms. The number of aryl methyl sites for hydroxylation is 1. The van der Waals surface area contributed by atoms with Gasteiger partial charge in [-0.3, -0.25) is 0 Å². The van der Waals surface area contributed by atoms with Crippen molar-refractivity contribution in [3.63, 3.8) is 0 Å². The minimum Gasteiger partial charge on any atom is -0.486 e. The first-order valence-electron chi connectivity index (χ1n) is 10.3. The van der Waals surface area contributed by atoms with Crippen LogP contribution in [0.4, 0.5) is 0 Å². The first-order valence-corrected chi connectivity index (χ1v) is 11.1. The summed E-state index contributed by atoms with van der Waals surface area (Å²) < 4.78 is 8.26. The van der Waals surface area contributed by atoms with Crippen molar-refractivity contribution < 1.29 is 4.74 Å². The lowest BCUT2D eigenvalue weighted by atomic mass is 9.94. The van der Waals surface area contributed by atoms with Crippen LogP contribution in [0.1, 0.15) is 31.5 Å². The molecular weight excluding hydrogens is 405 g/mol. The number of nitrogens with zero attached hydrogens (tertiary/aromatic N) is 3. The van der Waals surface area contributed by atoms with Gasteiger partial charge in [-0.15, -0.1) is 0 Å². The van der Waals surface area contributed by atoms with E-state index in [1.165, 1.54) is 32.4 Å². The number of halogens is 2. The van der Waals surface area contributed by atoms with Crippen LogP contribution in [-0.2, 0) is 13.2 Å². The summed E-state index contributed by atoms with van der Waals surface area (Å²) in [5, 5.41) is 1.41. The van der Waals surface area contributed by atoms with Gasteiger partial charge in [-0.05, 0) is 87.7 Å². The molecule has 0 saturated carbocycles. The molecule has 0 spiro atoms. The summed E-state index contributed by atoms with van der Waals surface area (Å²) >= 11 is 12.2. The largest absolute Gasteiger partial charge is 0.486 e. The zero-order valence-corrected chi connectivity index (χ0v) is 18.3. The Morgan fingerprint density at radius 2 is 1.90 bits per heavy atom. The van der Waals surface area contributed by atoms with Crippen molar-refractivity contribution in [2.24, 2.45) is 5.92 Å². The molecule has 0 amide bonds. The van der Waals surface area contributed by atoms with Gasteiger partial charge < -0.3 is 14.2 Å². The molecule has 2 heterocycles. The van der Waals surface area contributed by atoms with E-state index in [0.29, 0.717) is 16.7 Å². The number of imidazole rings is 1. The summed E-state index contributed by atoms with van der Waals surface area (Å²) in [5.74, 6) is 2.51. The van der Waals surface area contributed by atoms with E-state index in [4.69, 9.17) is 32.9 Å². The van der Waals surface area contributed by atoms with Crippen LogP contribution < -0.4 is 4.74 Å². The molecule has 2 aromatic carbocycles. The molecule has 1 fully saturated rings. The van der Waals surface area contributed by atoms with Crippen LogP contribution in [0, 0.1) is 5.92 Å². The van der Waals surface area contributed by atoms with E-state index in [0.717, 1.165) is 41.5 Å². The van der Waals surface area contributed by atoms with E-state index in [2.05, 4.69) is 22.6 Å². The van der Waals surface area contributed by atoms with Gasteiger partial charge in [0.2, 0.25) is 0 Å². The number of hydrogen-bond donors (Lipinski definition) is 0. The zero-order valence-electron chi connectivity index (χ0n) is 16.8. The predicted molar refractivity (Wildman–Crippen MR) is 120 cm³/mol. The van der Waals surface area contributed by atoms with E-state index >= 15 is 0 Å². The Labute approximate surface area is 182 Å². The van der Waals surface area contributed by atoms with Crippen molar-refractivity contribution in [3.8, 4) is 5.75 Å². The smallest absolute Gasteiger partial charge is 0.147 e. The van der Waals surface area contributed by atoms with Crippen molar-refractivity contribution in [2.45, 2.75) is 38.8 Å². The summed E-state index contributed by atoms with van der Waals surface area (Å²) in [7, 11) is 2.23. The fourth-order valence-electron chi connectivity index (χ4n) is 4.24. The summed E-state index contributed by atoms with van der Waals surface area (Å²) in [6, 6.07) is 13.3. The summed E-state index contributed by atoms with van der Waals surface area (Å²) in [6.07, 6.45) is 5.04. The molecule has 1 aliphatic rings. The summed E-state index contributed by atoms with van der Waals surface area (Å²) in [4.78, 5) is 7.26. The summed E-state index contributed by atoms with van der Waals surface area (Å²) in [5.41, 5.74) is 2.04. The third-order valence-corrected chi connectivity index (χ3v) is 6.17. The van der Waals surface area contributed by atoms with Crippen LogP contribution in [0.3, 0.4) is 0 Å². The van der Waals surface area contributed by atoms with Crippen LogP contribution in [-0.4, -0.2) is 34.6 Å². The average molecular weight is 432 g/mol. The third-order valence-electron chi connectivity index (χ3n) is 5.69. The highest BCUT2D eigenvalue weighted by Gasteiger charge is 2.18. The Balaban J connectivity index is 1.47. The number of likely N-dealkylation sites (tertiary alicyclic amines) is 1. The topological polar surface area (TPSA) is 30.3 Å². The number of piperidine rings is 1. The lowest BCUT2D eigenvalue weighted by molar-refractivity contribution is 0.198. The zero-order chi connectivity index (χ0) is 20.2. The molecule has 1 aliphatic heterocycles. The maximum Gasteiger partial charge on any atom is 0.147 e. The second kappa shape index (κ2) is 9.38. The Hall–Kier alpha value is -1.75. The monoisotopic (exact) mass is 431 g/mol. The fourth-order valence-corrected chi connectivity index (χ4v) is 4.53. The van der Waals surface area contributed by atoms with Crippen LogP contribution in [0.15, 0.2) is 42.5 Å². The molecule has 0 aliphatic carbocycles. The lowest BCUT2D eigenvalue weighted by Gasteiger charge is -2.29. The molecule has 4 rings (SSSR count). The maximum atomic E-state index is 6.19. The van der Waals surface area contributed by atoms with Crippen molar-refractivity contribution >= 4 is 34.2 Å². The van der Waals surface area contributed by atoms with Gasteiger partial charge in [0.15, 0.2) is 0 Å². The molecule has 6 heteroatoms. The lowest BCUT2D eigenvalue weighted by Crippen LogP contribution is -2.32. The van der Waals surface area contributed by atoms with Gasteiger partial charge >= 0.3 is 0 Å². The Bertz CT molecular complexity index is 955. The SMILES string of the molecule is CN1CCCC(CCCn2c(COc3ccc(Cl)cc3)nc3cc(Cl)ccc32)C1. The second-order valence-electron chi connectivity index (χ2n) is 7.97. The molecule has 0 radical (unpaired) electrons. The first kappa shape index (κ1) is 20.5. The van der Waals surface area contributed by atoms with Gasteiger partial charge in [0.1, 0.15) is 18.2 Å². The number of rotatable bonds is 7. The van der Waals surface area contributed by atoms with Gasteiger partial charge in [-0.2, -0.15) is 0 Å². The van der Waals surface area contributed by atoms with E-state index < -0.39 is 0 Å². The fraction of sp³-hybridized carbons (Fsp3) is 0.435. The van der Waals surface area contributed by atoms with Crippen LogP contribution in [0.2, 0.25) is 10.0 Å². The number of benzene rings is 2. The van der Waals surface area contributed by atoms with Gasteiger partial charge in [-0.1, -0.05) is 23.2 Å². The molecule has 1 saturated heterocycles. The third kappa shape index (κ3) is 5.25. The highest BCUT2D eigenvalue weighted by molar-refractivity contribution is 6.31. The van der Waals surface area contributed by atoms with Crippen molar-refractivity contribution in [2.75, 3.05) is 20.1 Å². The van der Waals surface area contributed by atoms with Crippen molar-refractivity contribution in [1.29, 1.82) is 0 Å². The first-order chi connectivity index (χ1) is 14.1. The molecule has 3 aromatic rings. The quantitative estimate of drug-likeness (QED) is 0.456. The van der Waals surface area contributed by atoms with E-state index in [9.17, 15) is 0 Å². The predicted octanol–water partition coefficient (Wildman–Crippen LogP) is 6.04. The van der Waals surface area contributed by atoms with Crippen molar-refractivity contribution in [3.05, 3.63) is 58.3 Å². The van der Waals surface area contributed by atoms with Crippen LogP contribution in [0.25, 0.3) is 11.0 Å².